The van der Waals surface area contributed by atoms with Crippen LogP contribution >= 0.6 is 11.8 Å². The van der Waals surface area contributed by atoms with Crippen LogP contribution in [0, 0.1) is 24.7 Å². The maximum Gasteiger partial charge on any atom is 0.0333 e. The van der Waals surface area contributed by atoms with Crippen molar-refractivity contribution in [1.82, 2.24) is 5.43 Å². The third-order valence-electron chi connectivity index (χ3n) is 4.42. The molecule has 1 aliphatic rings. The van der Waals surface area contributed by atoms with E-state index in [4.69, 9.17) is 5.84 Å². The van der Waals surface area contributed by atoms with Crippen molar-refractivity contribution < 1.29 is 0 Å². The minimum atomic E-state index is 0.422. The van der Waals surface area contributed by atoms with Crippen LogP contribution in [0.4, 0.5) is 0 Å². The molecule has 1 aromatic rings. The molecule has 0 spiro atoms. The van der Waals surface area contributed by atoms with E-state index in [1.54, 1.807) is 0 Å². The lowest BCUT2D eigenvalue weighted by molar-refractivity contribution is 0.185. The Morgan fingerprint density at radius 1 is 1.25 bits per heavy atom. The summed E-state index contributed by atoms with van der Waals surface area (Å²) in [5.41, 5.74) is 4.40. The second kappa shape index (κ2) is 7.48. The zero-order valence-electron chi connectivity index (χ0n) is 12.9. The molecule has 0 aromatic heterocycles. The summed E-state index contributed by atoms with van der Waals surface area (Å²) in [6.45, 7) is 6.90. The minimum Gasteiger partial charge on any atom is -0.271 e. The lowest BCUT2D eigenvalue weighted by Gasteiger charge is -2.36. The maximum absolute atomic E-state index is 5.83. The summed E-state index contributed by atoms with van der Waals surface area (Å²) in [7, 11) is 0. The van der Waals surface area contributed by atoms with Gasteiger partial charge < -0.3 is 0 Å². The molecule has 1 aromatic carbocycles. The summed E-state index contributed by atoms with van der Waals surface area (Å²) in [6, 6.07) is 9.15. The molecule has 1 aliphatic carbocycles. The number of aryl methyl sites for hydroxylation is 1. The first kappa shape index (κ1) is 15.9. The topological polar surface area (TPSA) is 38.0 Å². The SMILES string of the molecule is Cc1cccc(SCC(NN)C2CC(C)CC(C)C2)c1. The van der Waals surface area contributed by atoms with Gasteiger partial charge in [0.25, 0.3) is 0 Å². The first-order chi connectivity index (χ1) is 9.58. The van der Waals surface area contributed by atoms with Crippen LogP contribution in [-0.4, -0.2) is 11.8 Å². The van der Waals surface area contributed by atoms with Crippen molar-refractivity contribution in [3.8, 4) is 0 Å². The Labute approximate surface area is 127 Å². The highest BCUT2D eigenvalue weighted by atomic mass is 32.2. The fourth-order valence-corrected chi connectivity index (χ4v) is 4.73. The maximum atomic E-state index is 5.83. The fraction of sp³-hybridized carbons (Fsp3) is 0.647. The van der Waals surface area contributed by atoms with E-state index in [-0.39, 0.29) is 0 Å². The van der Waals surface area contributed by atoms with E-state index < -0.39 is 0 Å². The van der Waals surface area contributed by atoms with Gasteiger partial charge in [0, 0.05) is 16.7 Å². The summed E-state index contributed by atoms with van der Waals surface area (Å²) in [4.78, 5) is 1.35. The molecule has 2 nitrogen and oxygen atoms in total. The summed E-state index contributed by atoms with van der Waals surface area (Å²) < 4.78 is 0. The highest BCUT2D eigenvalue weighted by Crippen LogP contribution is 2.36. The number of nitrogens with one attached hydrogen (secondary N) is 1. The Morgan fingerprint density at radius 2 is 1.95 bits per heavy atom. The van der Waals surface area contributed by atoms with Gasteiger partial charge in [0.05, 0.1) is 0 Å². The van der Waals surface area contributed by atoms with Crippen LogP contribution in [-0.2, 0) is 0 Å². The summed E-state index contributed by atoms with van der Waals surface area (Å²) in [5.74, 6) is 9.28. The zero-order valence-corrected chi connectivity index (χ0v) is 13.7. The average molecular weight is 292 g/mol. The lowest BCUT2D eigenvalue weighted by atomic mass is 9.74. The van der Waals surface area contributed by atoms with Gasteiger partial charge in [-0.15, -0.1) is 11.8 Å². The molecule has 20 heavy (non-hydrogen) atoms. The molecule has 0 heterocycles. The first-order valence-electron chi connectivity index (χ1n) is 7.74. The molecular formula is C17H28N2S. The number of benzene rings is 1. The second-order valence-electron chi connectivity index (χ2n) is 6.58. The molecule has 3 heteroatoms. The Morgan fingerprint density at radius 3 is 2.55 bits per heavy atom. The van der Waals surface area contributed by atoms with Gasteiger partial charge >= 0.3 is 0 Å². The minimum absolute atomic E-state index is 0.422. The average Bonchev–Trinajstić information content (AvgIpc) is 2.38. The van der Waals surface area contributed by atoms with Gasteiger partial charge in [0.1, 0.15) is 0 Å². The number of hydrogen-bond acceptors (Lipinski definition) is 3. The third kappa shape index (κ3) is 4.51. The van der Waals surface area contributed by atoms with Crippen molar-refractivity contribution in [3.05, 3.63) is 29.8 Å². The summed E-state index contributed by atoms with van der Waals surface area (Å²) in [5, 5.41) is 0. The molecule has 1 saturated carbocycles. The van der Waals surface area contributed by atoms with E-state index in [0.29, 0.717) is 6.04 Å². The molecule has 3 unspecified atom stereocenters. The number of nitrogens with two attached hydrogens (primary N) is 1. The molecule has 0 aliphatic heterocycles. The predicted molar refractivity (Wildman–Crippen MR) is 88.7 cm³/mol. The molecule has 0 bridgehead atoms. The molecule has 3 atom stereocenters. The molecule has 112 valence electrons. The van der Waals surface area contributed by atoms with Crippen LogP contribution in [0.3, 0.4) is 0 Å². The van der Waals surface area contributed by atoms with Gasteiger partial charge in [-0.25, -0.2) is 0 Å². The highest BCUT2D eigenvalue weighted by molar-refractivity contribution is 7.99. The van der Waals surface area contributed by atoms with Gasteiger partial charge in [0.2, 0.25) is 0 Å². The van der Waals surface area contributed by atoms with Gasteiger partial charge in [-0.3, -0.25) is 11.3 Å². The number of rotatable bonds is 5. The van der Waals surface area contributed by atoms with E-state index in [0.717, 1.165) is 23.5 Å². The monoisotopic (exact) mass is 292 g/mol. The van der Waals surface area contributed by atoms with Crippen LogP contribution in [0.1, 0.15) is 38.7 Å². The summed E-state index contributed by atoms with van der Waals surface area (Å²) >= 11 is 1.92. The Kier molecular flexibility index (Phi) is 5.94. The quantitative estimate of drug-likeness (QED) is 0.489. The standard InChI is InChI=1S/C17H28N2S/c1-12-5-4-6-16(10-12)20-11-17(19-18)15-8-13(2)7-14(3)9-15/h4-6,10,13-15,17,19H,7-9,11,18H2,1-3H3. The van der Waals surface area contributed by atoms with Crippen molar-refractivity contribution >= 4 is 11.8 Å². The van der Waals surface area contributed by atoms with E-state index in [1.165, 1.54) is 29.7 Å². The van der Waals surface area contributed by atoms with Crippen LogP contribution in [0.5, 0.6) is 0 Å². The number of hydrazine groups is 1. The molecule has 0 radical (unpaired) electrons. The van der Waals surface area contributed by atoms with Crippen LogP contribution in [0.2, 0.25) is 0 Å². The van der Waals surface area contributed by atoms with Crippen molar-refractivity contribution in [2.24, 2.45) is 23.6 Å². The molecule has 2 rings (SSSR count). The normalized spacial score (nSPS) is 28.3. The molecule has 0 saturated heterocycles. The second-order valence-corrected chi connectivity index (χ2v) is 7.67. The third-order valence-corrected chi connectivity index (χ3v) is 5.53. The molecular weight excluding hydrogens is 264 g/mol. The fourth-order valence-electron chi connectivity index (χ4n) is 3.55. The van der Waals surface area contributed by atoms with Crippen molar-refractivity contribution in [1.29, 1.82) is 0 Å². The van der Waals surface area contributed by atoms with Gasteiger partial charge in [-0.2, -0.15) is 0 Å². The Balaban J connectivity index is 1.91. The van der Waals surface area contributed by atoms with Crippen molar-refractivity contribution in [2.75, 3.05) is 5.75 Å². The first-order valence-corrected chi connectivity index (χ1v) is 8.72. The van der Waals surface area contributed by atoms with E-state index in [1.807, 2.05) is 11.8 Å². The smallest absolute Gasteiger partial charge is 0.0333 e. The molecule has 0 amide bonds. The Hall–Kier alpha value is -0.510. The van der Waals surface area contributed by atoms with Crippen molar-refractivity contribution in [3.63, 3.8) is 0 Å². The molecule has 1 fully saturated rings. The highest BCUT2D eigenvalue weighted by Gasteiger charge is 2.29. The van der Waals surface area contributed by atoms with E-state index in [2.05, 4.69) is 50.5 Å². The van der Waals surface area contributed by atoms with Gasteiger partial charge in [0.15, 0.2) is 0 Å². The van der Waals surface area contributed by atoms with E-state index >= 15 is 0 Å². The number of hydrogen-bond donors (Lipinski definition) is 2. The lowest BCUT2D eigenvalue weighted by Crippen LogP contribution is -2.45. The summed E-state index contributed by atoms with van der Waals surface area (Å²) in [6.07, 6.45) is 4.00. The van der Waals surface area contributed by atoms with Crippen LogP contribution in [0.15, 0.2) is 29.2 Å². The Bertz CT molecular complexity index is 411. The van der Waals surface area contributed by atoms with Gasteiger partial charge in [-0.1, -0.05) is 31.5 Å². The van der Waals surface area contributed by atoms with E-state index in [9.17, 15) is 0 Å². The number of thioether (sulfide) groups is 1. The predicted octanol–water partition coefficient (Wildman–Crippen LogP) is 3.99. The zero-order chi connectivity index (χ0) is 14.5. The van der Waals surface area contributed by atoms with Crippen molar-refractivity contribution in [2.45, 2.75) is 51.0 Å². The largest absolute Gasteiger partial charge is 0.271 e. The molecule has 3 N–H and O–H groups in total. The van der Waals surface area contributed by atoms with Crippen LogP contribution < -0.4 is 11.3 Å². The van der Waals surface area contributed by atoms with Gasteiger partial charge in [-0.05, 0) is 56.1 Å². The van der Waals surface area contributed by atoms with Crippen LogP contribution in [0.25, 0.3) is 0 Å².